The fourth-order valence-corrected chi connectivity index (χ4v) is 2.34. The van der Waals surface area contributed by atoms with Gasteiger partial charge in [-0.25, -0.2) is 4.79 Å². The van der Waals surface area contributed by atoms with Gasteiger partial charge in [-0.3, -0.25) is 4.79 Å². The number of rotatable bonds is 6. The number of benzene rings is 1. The Morgan fingerprint density at radius 1 is 1.31 bits per heavy atom. The van der Waals surface area contributed by atoms with Gasteiger partial charge in [-0.15, -0.1) is 0 Å². The molecule has 0 aromatic heterocycles. The number of alkyl halides is 3. The van der Waals surface area contributed by atoms with Crippen LogP contribution < -0.4 is 5.32 Å². The minimum Gasteiger partial charge on any atom is -0.452 e. The third-order valence-electron chi connectivity index (χ3n) is 4.02. The topological polar surface area (TPSA) is 79.2 Å². The highest BCUT2D eigenvalue weighted by molar-refractivity contribution is 5.89. The maximum atomic E-state index is 12.5. The van der Waals surface area contributed by atoms with Gasteiger partial charge < -0.3 is 10.1 Å². The van der Waals surface area contributed by atoms with Gasteiger partial charge in [-0.1, -0.05) is 12.1 Å². The molecule has 138 valence electrons. The molecule has 0 radical (unpaired) electrons. The van der Waals surface area contributed by atoms with Crippen LogP contribution in [0.4, 0.5) is 13.2 Å². The zero-order chi connectivity index (χ0) is 19.4. The van der Waals surface area contributed by atoms with E-state index in [0.717, 1.165) is 31.1 Å². The Bertz CT molecular complexity index is 746. The van der Waals surface area contributed by atoms with Gasteiger partial charge in [-0.05, 0) is 49.5 Å². The maximum absolute atomic E-state index is 12.5. The molecule has 0 heterocycles. The van der Waals surface area contributed by atoms with Crippen LogP contribution in [0.1, 0.15) is 30.9 Å². The third-order valence-corrected chi connectivity index (χ3v) is 4.02. The predicted octanol–water partition coefficient (Wildman–Crippen LogP) is 3.07. The van der Waals surface area contributed by atoms with Crippen molar-refractivity contribution in [2.75, 3.05) is 6.61 Å². The Hall–Kier alpha value is -2.82. The quantitative estimate of drug-likeness (QED) is 0.620. The lowest BCUT2D eigenvalue weighted by atomic mass is 9.98. The van der Waals surface area contributed by atoms with Crippen molar-refractivity contribution in [3.63, 3.8) is 0 Å². The van der Waals surface area contributed by atoms with Crippen molar-refractivity contribution in [3.05, 3.63) is 41.5 Å². The number of nitrogens with zero attached hydrogens (tertiary/aromatic N) is 1. The monoisotopic (exact) mass is 366 g/mol. The van der Waals surface area contributed by atoms with E-state index in [0.29, 0.717) is 5.56 Å². The average Bonchev–Trinajstić information content (AvgIpc) is 3.43. The average molecular weight is 366 g/mol. The molecule has 5 nitrogen and oxygen atoms in total. The Morgan fingerprint density at radius 3 is 2.42 bits per heavy atom. The lowest BCUT2D eigenvalue weighted by molar-refractivity contribution is -0.144. The van der Waals surface area contributed by atoms with Crippen molar-refractivity contribution in [2.24, 2.45) is 5.92 Å². The molecule has 1 atom stereocenters. The van der Waals surface area contributed by atoms with Crippen LogP contribution in [0, 0.1) is 17.2 Å². The number of carbonyl (C=O) groups excluding carboxylic acids is 2. The van der Waals surface area contributed by atoms with Crippen LogP contribution in [-0.2, 0) is 20.5 Å². The van der Waals surface area contributed by atoms with Crippen LogP contribution in [0.2, 0.25) is 0 Å². The van der Waals surface area contributed by atoms with Crippen LogP contribution in [0.15, 0.2) is 30.3 Å². The lowest BCUT2D eigenvalue weighted by Gasteiger charge is -2.22. The van der Waals surface area contributed by atoms with E-state index in [1.165, 1.54) is 18.2 Å². The van der Waals surface area contributed by atoms with Crippen LogP contribution >= 0.6 is 0 Å². The number of carbonyl (C=O) groups is 2. The molecule has 1 fully saturated rings. The van der Waals surface area contributed by atoms with Gasteiger partial charge in [-0.2, -0.15) is 18.4 Å². The Morgan fingerprint density at radius 2 is 1.92 bits per heavy atom. The molecule has 0 saturated heterocycles. The van der Waals surface area contributed by atoms with Crippen LogP contribution in [-0.4, -0.2) is 24.0 Å². The van der Waals surface area contributed by atoms with Crippen LogP contribution in [0.25, 0.3) is 6.08 Å². The molecule has 1 saturated carbocycles. The summed E-state index contributed by atoms with van der Waals surface area (Å²) in [7, 11) is 0. The van der Waals surface area contributed by atoms with Gasteiger partial charge in [0.25, 0.3) is 5.91 Å². The zero-order valence-electron chi connectivity index (χ0n) is 14.0. The molecule has 1 amide bonds. The maximum Gasteiger partial charge on any atom is 0.416 e. The summed E-state index contributed by atoms with van der Waals surface area (Å²) in [5.74, 6) is -1.30. The number of hydrogen-bond donors (Lipinski definition) is 1. The molecule has 1 aromatic carbocycles. The number of nitriles is 1. The molecular formula is C18H17F3N2O3. The summed E-state index contributed by atoms with van der Waals surface area (Å²) in [5, 5.41) is 11.7. The summed E-state index contributed by atoms with van der Waals surface area (Å²) in [6.45, 7) is 1.08. The number of halogens is 3. The van der Waals surface area contributed by atoms with E-state index in [1.807, 2.05) is 0 Å². The smallest absolute Gasteiger partial charge is 0.416 e. The summed E-state index contributed by atoms with van der Waals surface area (Å²) < 4.78 is 42.1. The second-order valence-corrected chi connectivity index (χ2v) is 6.20. The highest BCUT2D eigenvalue weighted by atomic mass is 19.4. The third kappa shape index (κ3) is 5.34. The van der Waals surface area contributed by atoms with E-state index < -0.39 is 35.8 Å². The first kappa shape index (κ1) is 19.5. The molecule has 0 spiro atoms. The van der Waals surface area contributed by atoms with E-state index in [1.54, 1.807) is 6.92 Å². The minimum atomic E-state index is -4.42. The molecule has 1 aliphatic carbocycles. The second-order valence-electron chi connectivity index (χ2n) is 6.20. The summed E-state index contributed by atoms with van der Waals surface area (Å²) in [4.78, 5) is 23.4. The van der Waals surface area contributed by atoms with Gasteiger partial charge in [0, 0.05) is 6.08 Å². The van der Waals surface area contributed by atoms with Gasteiger partial charge >= 0.3 is 12.1 Å². The standard InChI is InChI=1S/C18H17F3N2O3/c1-17(11-22,13-7-8-13)23-15(24)10-26-16(25)9-4-12-2-5-14(6-3-12)18(19,20)21/h2-6,9,13H,7-8,10H2,1H3,(H,23,24)/b9-4+/t17-/m0/s1. The highest BCUT2D eigenvalue weighted by Crippen LogP contribution is 2.39. The summed E-state index contributed by atoms with van der Waals surface area (Å²) in [6, 6.07) is 6.29. The van der Waals surface area contributed by atoms with Crippen molar-refractivity contribution >= 4 is 18.0 Å². The highest BCUT2D eigenvalue weighted by Gasteiger charge is 2.43. The van der Waals surface area contributed by atoms with E-state index in [9.17, 15) is 22.8 Å². The van der Waals surface area contributed by atoms with Gasteiger partial charge in [0.05, 0.1) is 11.6 Å². The molecule has 1 aromatic rings. The molecule has 1 aliphatic rings. The van der Waals surface area contributed by atoms with Crippen LogP contribution in [0.5, 0.6) is 0 Å². The number of ether oxygens (including phenoxy) is 1. The number of hydrogen-bond acceptors (Lipinski definition) is 4. The van der Waals surface area contributed by atoms with Crippen molar-refractivity contribution in [1.29, 1.82) is 5.26 Å². The van der Waals surface area contributed by atoms with Crippen molar-refractivity contribution in [1.82, 2.24) is 5.32 Å². The lowest BCUT2D eigenvalue weighted by Crippen LogP contribution is -2.48. The molecule has 1 N–H and O–H groups in total. The van der Waals surface area contributed by atoms with E-state index in [-0.39, 0.29) is 5.92 Å². The van der Waals surface area contributed by atoms with E-state index in [4.69, 9.17) is 10.00 Å². The number of esters is 1. The first-order chi connectivity index (χ1) is 12.1. The minimum absolute atomic E-state index is 0.103. The summed E-state index contributed by atoms with van der Waals surface area (Å²) in [5.41, 5.74) is -1.38. The first-order valence-electron chi connectivity index (χ1n) is 7.88. The van der Waals surface area contributed by atoms with Crippen molar-refractivity contribution in [3.8, 4) is 6.07 Å². The first-order valence-corrected chi connectivity index (χ1v) is 7.88. The fourth-order valence-electron chi connectivity index (χ4n) is 2.34. The molecule has 0 unspecified atom stereocenters. The molecule has 2 rings (SSSR count). The SMILES string of the molecule is C[C@@](C#N)(NC(=O)COC(=O)/C=C/c1ccc(C(F)(F)F)cc1)C1CC1. The Balaban J connectivity index is 1.82. The molecule has 8 heteroatoms. The van der Waals surface area contributed by atoms with Gasteiger partial charge in [0.15, 0.2) is 6.61 Å². The number of amides is 1. The molecule has 0 aliphatic heterocycles. The fraction of sp³-hybridized carbons (Fsp3) is 0.389. The predicted molar refractivity (Wildman–Crippen MR) is 86.3 cm³/mol. The second kappa shape index (κ2) is 7.60. The van der Waals surface area contributed by atoms with Gasteiger partial charge in [0.1, 0.15) is 5.54 Å². The molecular weight excluding hydrogens is 349 g/mol. The van der Waals surface area contributed by atoms with Crippen molar-refractivity contribution < 1.29 is 27.5 Å². The summed E-state index contributed by atoms with van der Waals surface area (Å²) >= 11 is 0. The number of nitrogens with one attached hydrogen (secondary N) is 1. The Kier molecular flexibility index (Phi) is 5.70. The zero-order valence-corrected chi connectivity index (χ0v) is 14.0. The van der Waals surface area contributed by atoms with Gasteiger partial charge in [0.2, 0.25) is 0 Å². The van der Waals surface area contributed by atoms with E-state index in [2.05, 4.69) is 11.4 Å². The largest absolute Gasteiger partial charge is 0.452 e. The normalized spacial score (nSPS) is 16.6. The van der Waals surface area contributed by atoms with Crippen molar-refractivity contribution in [2.45, 2.75) is 31.5 Å². The van der Waals surface area contributed by atoms with Crippen LogP contribution in [0.3, 0.4) is 0 Å². The molecule has 0 bridgehead atoms. The molecule has 26 heavy (non-hydrogen) atoms. The summed E-state index contributed by atoms with van der Waals surface area (Å²) in [6.07, 6.45) is -0.406. The van der Waals surface area contributed by atoms with E-state index >= 15 is 0 Å². The Labute approximate surface area is 148 Å².